The first-order chi connectivity index (χ1) is 11.6. The SMILES string of the molecule is CN(CC1CCN(C[C@H](O)c2ccccc2)CC1)[C@@H]1CCOC1=O. The van der Waals surface area contributed by atoms with E-state index in [0.717, 1.165) is 44.5 Å². The molecule has 2 heterocycles. The molecular weight excluding hydrogens is 304 g/mol. The lowest BCUT2D eigenvalue weighted by molar-refractivity contribution is -0.142. The van der Waals surface area contributed by atoms with Crippen molar-refractivity contribution in [2.45, 2.75) is 31.4 Å². The Hall–Kier alpha value is -1.43. The van der Waals surface area contributed by atoms with Crippen molar-refractivity contribution >= 4 is 5.97 Å². The molecule has 0 saturated carbocycles. The van der Waals surface area contributed by atoms with E-state index in [4.69, 9.17) is 4.74 Å². The van der Waals surface area contributed by atoms with E-state index < -0.39 is 6.10 Å². The number of hydrogen-bond acceptors (Lipinski definition) is 5. The first kappa shape index (κ1) is 17.4. The molecule has 3 rings (SSSR count). The van der Waals surface area contributed by atoms with Gasteiger partial charge in [-0.15, -0.1) is 0 Å². The van der Waals surface area contributed by atoms with Gasteiger partial charge < -0.3 is 14.7 Å². The van der Waals surface area contributed by atoms with E-state index in [0.29, 0.717) is 19.1 Å². The third kappa shape index (κ3) is 4.35. The van der Waals surface area contributed by atoms with Crippen molar-refractivity contribution < 1.29 is 14.6 Å². The van der Waals surface area contributed by atoms with Crippen LogP contribution >= 0.6 is 0 Å². The number of carbonyl (C=O) groups is 1. The first-order valence-corrected chi connectivity index (χ1v) is 8.95. The third-order valence-electron chi connectivity index (χ3n) is 5.31. The number of likely N-dealkylation sites (N-methyl/N-ethyl adjacent to an activating group) is 1. The zero-order valence-corrected chi connectivity index (χ0v) is 14.4. The fourth-order valence-corrected chi connectivity index (χ4v) is 3.80. The highest BCUT2D eigenvalue weighted by Gasteiger charge is 2.32. The Morgan fingerprint density at radius 1 is 1.25 bits per heavy atom. The Kier molecular flexibility index (Phi) is 5.87. The second-order valence-electron chi connectivity index (χ2n) is 7.08. The Balaban J connectivity index is 1.41. The van der Waals surface area contributed by atoms with E-state index >= 15 is 0 Å². The van der Waals surface area contributed by atoms with Crippen LogP contribution in [0.3, 0.4) is 0 Å². The molecule has 24 heavy (non-hydrogen) atoms. The van der Waals surface area contributed by atoms with Gasteiger partial charge in [0.05, 0.1) is 12.7 Å². The predicted molar refractivity (Wildman–Crippen MR) is 92.6 cm³/mol. The number of nitrogens with zero attached hydrogens (tertiary/aromatic N) is 2. The third-order valence-corrected chi connectivity index (χ3v) is 5.31. The van der Waals surface area contributed by atoms with E-state index in [1.807, 2.05) is 37.4 Å². The van der Waals surface area contributed by atoms with Crippen LogP contribution in [-0.2, 0) is 9.53 Å². The summed E-state index contributed by atoms with van der Waals surface area (Å²) < 4.78 is 5.06. The molecule has 0 aromatic heterocycles. The van der Waals surface area contributed by atoms with Crippen LogP contribution in [-0.4, -0.2) is 66.8 Å². The predicted octanol–water partition coefficient (Wildman–Crippen LogP) is 1.68. The molecule has 2 fully saturated rings. The van der Waals surface area contributed by atoms with Gasteiger partial charge >= 0.3 is 5.97 Å². The number of aliphatic hydroxyl groups is 1. The zero-order chi connectivity index (χ0) is 16.9. The molecule has 1 aromatic rings. The molecule has 0 bridgehead atoms. The van der Waals surface area contributed by atoms with E-state index in [2.05, 4.69) is 9.80 Å². The smallest absolute Gasteiger partial charge is 0.323 e. The first-order valence-electron chi connectivity index (χ1n) is 8.95. The molecule has 0 unspecified atom stereocenters. The lowest BCUT2D eigenvalue weighted by Crippen LogP contribution is -2.43. The van der Waals surface area contributed by atoms with Crippen LogP contribution in [0.15, 0.2) is 30.3 Å². The van der Waals surface area contributed by atoms with Gasteiger partial charge in [-0.25, -0.2) is 0 Å². The average Bonchev–Trinajstić information content (AvgIpc) is 3.03. The summed E-state index contributed by atoms with van der Waals surface area (Å²) in [4.78, 5) is 16.2. The molecule has 2 aliphatic rings. The van der Waals surface area contributed by atoms with Crippen LogP contribution in [0.2, 0.25) is 0 Å². The number of rotatable bonds is 6. The van der Waals surface area contributed by atoms with Crippen molar-refractivity contribution in [3.63, 3.8) is 0 Å². The highest BCUT2D eigenvalue weighted by atomic mass is 16.5. The van der Waals surface area contributed by atoms with Crippen LogP contribution in [0.4, 0.5) is 0 Å². The van der Waals surface area contributed by atoms with E-state index in [-0.39, 0.29) is 12.0 Å². The van der Waals surface area contributed by atoms with Crippen LogP contribution < -0.4 is 0 Å². The molecular formula is C19H28N2O3. The van der Waals surface area contributed by atoms with E-state index in [1.165, 1.54) is 0 Å². The number of esters is 1. The minimum atomic E-state index is -0.418. The zero-order valence-electron chi connectivity index (χ0n) is 14.4. The second-order valence-corrected chi connectivity index (χ2v) is 7.08. The average molecular weight is 332 g/mol. The number of carbonyl (C=O) groups excluding carboxylic acids is 1. The lowest BCUT2D eigenvalue weighted by atomic mass is 9.95. The molecule has 5 heteroatoms. The quantitative estimate of drug-likeness (QED) is 0.803. The van der Waals surface area contributed by atoms with Crippen LogP contribution in [0, 0.1) is 5.92 Å². The monoisotopic (exact) mass is 332 g/mol. The number of benzene rings is 1. The maximum atomic E-state index is 11.7. The fraction of sp³-hybridized carbons (Fsp3) is 0.632. The van der Waals surface area contributed by atoms with Gasteiger partial charge in [-0.05, 0) is 44.5 Å². The van der Waals surface area contributed by atoms with Crippen LogP contribution in [0.5, 0.6) is 0 Å². The molecule has 0 spiro atoms. The molecule has 1 N–H and O–H groups in total. The molecule has 2 saturated heterocycles. The highest BCUT2D eigenvalue weighted by molar-refractivity contribution is 5.77. The summed E-state index contributed by atoms with van der Waals surface area (Å²) in [6, 6.07) is 9.81. The van der Waals surface area contributed by atoms with Crippen molar-refractivity contribution in [2.75, 3.05) is 39.8 Å². The maximum absolute atomic E-state index is 11.7. The molecule has 0 aliphatic carbocycles. The molecule has 0 amide bonds. The van der Waals surface area contributed by atoms with Gasteiger partial charge in [-0.1, -0.05) is 30.3 Å². The number of piperidine rings is 1. The molecule has 0 radical (unpaired) electrons. The van der Waals surface area contributed by atoms with Crippen molar-refractivity contribution in [1.29, 1.82) is 0 Å². The molecule has 2 atom stereocenters. The Labute approximate surface area is 144 Å². The summed E-state index contributed by atoms with van der Waals surface area (Å²) in [5, 5.41) is 10.4. The van der Waals surface area contributed by atoms with Crippen LogP contribution in [0.25, 0.3) is 0 Å². The number of likely N-dealkylation sites (tertiary alicyclic amines) is 1. The second kappa shape index (κ2) is 8.10. The molecule has 1 aromatic carbocycles. The summed E-state index contributed by atoms with van der Waals surface area (Å²) in [6.45, 7) is 4.23. The van der Waals surface area contributed by atoms with Gasteiger partial charge in [0.25, 0.3) is 0 Å². The normalized spacial score (nSPS) is 24.3. The van der Waals surface area contributed by atoms with Crippen molar-refractivity contribution in [3.8, 4) is 0 Å². The lowest BCUT2D eigenvalue weighted by Gasteiger charge is -2.35. The van der Waals surface area contributed by atoms with Crippen LogP contribution in [0.1, 0.15) is 30.9 Å². The number of ether oxygens (including phenoxy) is 1. The van der Waals surface area contributed by atoms with Gasteiger partial charge in [-0.2, -0.15) is 0 Å². The number of hydrogen-bond donors (Lipinski definition) is 1. The Bertz CT molecular complexity index is 529. The van der Waals surface area contributed by atoms with E-state index in [9.17, 15) is 9.90 Å². The van der Waals surface area contributed by atoms with Crippen molar-refractivity contribution in [1.82, 2.24) is 9.80 Å². The summed E-state index contributed by atoms with van der Waals surface area (Å²) in [5.41, 5.74) is 0.985. The number of aliphatic hydroxyl groups excluding tert-OH is 1. The largest absolute Gasteiger partial charge is 0.464 e. The Morgan fingerprint density at radius 2 is 1.96 bits per heavy atom. The van der Waals surface area contributed by atoms with Gasteiger partial charge in [0, 0.05) is 19.5 Å². The fourth-order valence-electron chi connectivity index (χ4n) is 3.80. The summed E-state index contributed by atoms with van der Waals surface area (Å²) in [5.74, 6) is 0.550. The molecule has 132 valence electrons. The van der Waals surface area contributed by atoms with Gasteiger partial charge in [0.15, 0.2) is 0 Å². The van der Waals surface area contributed by atoms with E-state index in [1.54, 1.807) is 0 Å². The summed E-state index contributed by atoms with van der Waals surface area (Å²) in [7, 11) is 2.03. The Morgan fingerprint density at radius 3 is 2.58 bits per heavy atom. The molecule has 5 nitrogen and oxygen atoms in total. The highest BCUT2D eigenvalue weighted by Crippen LogP contribution is 2.23. The minimum absolute atomic E-state index is 0.0528. The minimum Gasteiger partial charge on any atom is -0.464 e. The topological polar surface area (TPSA) is 53.0 Å². The maximum Gasteiger partial charge on any atom is 0.323 e. The molecule has 2 aliphatic heterocycles. The number of β-amino-alcohol motifs (C(OH)–C–C–N with tert-alkyl or cyclic N) is 1. The summed E-state index contributed by atoms with van der Waals surface area (Å²) in [6.07, 6.45) is 2.64. The van der Waals surface area contributed by atoms with Gasteiger partial charge in [0.1, 0.15) is 6.04 Å². The number of cyclic esters (lactones) is 1. The van der Waals surface area contributed by atoms with Crippen molar-refractivity contribution in [2.24, 2.45) is 5.92 Å². The summed E-state index contributed by atoms with van der Waals surface area (Å²) >= 11 is 0. The van der Waals surface area contributed by atoms with Gasteiger partial charge in [0.2, 0.25) is 0 Å². The standard InChI is InChI=1S/C19H28N2O3/c1-20(17-9-12-24-19(17)23)13-15-7-10-21(11-8-15)14-18(22)16-5-3-2-4-6-16/h2-6,15,17-18,22H,7-14H2,1H3/t17-,18+/m1/s1. The van der Waals surface area contributed by atoms with Crippen molar-refractivity contribution in [3.05, 3.63) is 35.9 Å². The van der Waals surface area contributed by atoms with Gasteiger partial charge in [-0.3, -0.25) is 9.69 Å².